The molecular formula is C24H28FN5O2. The van der Waals surface area contributed by atoms with E-state index in [1.165, 1.54) is 0 Å². The highest BCUT2D eigenvalue weighted by Crippen LogP contribution is 2.27. The van der Waals surface area contributed by atoms with Gasteiger partial charge in [-0.15, -0.1) is 0 Å². The molecule has 7 nitrogen and oxygen atoms in total. The van der Waals surface area contributed by atoms with Gasteiger partial charge in [0.2, 0.25) is 5.95 Å². The molecule has 0 atom stereocenters. The third kappa shape index (κ3) is 5.13. The molecule has 4 rings (SSSR count). The van der Waals surface area contributed by atoms with Gasteiger partial charge in [-0.25, -0.2) is 14.4 Å². The van der Waals surface area contributed by atoms with E-state index in [9.17, 15) is 9.18 Å². The van der Waals surface area contributed by atoms with Crippen LogP contribution in [0.15, 0.2) is 54.1 Å². The number of nitrogens with one attached hydrogen (secondary N) is 2. The third-order valence-electron chi connectivity index (χ3n) is 5.65. The number of carbonyl (C=O) groups is 1. The average Bonchev–Trinajstić information content (AvgIpc) is 2.85. The number of halogens is 1. The lowest BCUT2D eigenvalue weighted by Crippen LogP contribution is -2.37. The number of allylic oxidation sites excluding steroid dienone is 3. The molecule has 1 aromatic heterocycles. The summed E-state index contributed by atoms with van der Waals surface area (Å²) in [6.07, 6.45) is 9.33. The van der Waals surface area contributed by atoms with Crippen LogP contribution < -0.4 is 15.5 Å². The lowest BCUT2D eigenvalue weighted by atomic mass is 10.0. The number of carbonyl (C=O) groups excluding carboxylic acids is 1. The van der Waals surface area contributed by atoms with Crippen LogP contribution in [0.3, 0.4) is 0 Å². The Kier molecular flexibility index (Phi) is 7.11. The van der Waals surface area contributed by atoms with E-state index in [-0.39, 0.29) is 11.7 Å². The van der Waals surface area contributed by atoms with E-state index in [4.69, 9.17) is 4.74 Å². The highest BCUT2D eigenvalue weighted by molar-refractivity contribution is 6.00. The first kappa shape index (κ1) is 22.0. The topological polar surface area (TPSA) is 79.4 Å². The van der Waals surface area contributed by atoms with Gasteiger partial charge in [0.05, 0.1) is 18.8 Å². The van der Waals surface area contributed by atoms with E-state index in [0.717, 1.165) is 37.1 Å². The molecule has 1 aromatic carbocycles. The number of morpholine rings is 1. The molecule has 1 fully saturated rings. The SMILES string of the molecule is CNC(=O)c1ccc(-c2cnc(N3CCOCC3)nc2)cc1NCCC1=CCCC=C1F. The van der Waals surface area contributed by atoms with E-state index < -0.39 is 0 Å². The molecule has 2 heterocycles. The first-order chi connectivity index (χ1) is 15.7. The zero-order chi connectivity index (χ0) is 22.3. The van der Waals surface area contributed by atoms with E-state index in [1.54, 1.807) is 31.6 Å². The number of ether oxygens (including phenoxy) is 1. The minimum absolute atomic E-state index is 0.143. The molecule has 0 unspecified atom stereocenters. The summed E-state index contributed by atoms with van der Waals surface area (Å²) >= 11 is 0. The zero-order valence-electron chi connectivity index (χ0n) is 18.2. The second-order valence-corrected chi connectivity index (χ2v) is 7.75. The molecule has 1 saturated heterocycles. The van der Waals surface area contributed by atoms with Gasteiger partial charge >= 0.3 is 0 Å². The summed E-state index contributed by atoms with van der Waals surface area (Å²) in [4.78, 5) is 23.5. The minimum atomic E-state index is -0.180. The largest absolute Gasteiger partial charge is 0.384 e. The van der Waals surface area contributed by atoms with Crippen molar-refractivity contribution in [3.63, 3.8) is 0 Å². The van der Waals surface area contributed by atoms with E-state index in [0.29, 0.717) is 49.0 Å². The molecule has 2 aliphatic rings. The van der Waals surface area contributed by atoms with Crippen LogP contribution in [-0.2, 0) is 4.74 Å². The predicted octanol–water partition coefficient (Wildman–Crippen LogP) is 3.72. The molecule has 1 aliphatic heterocycles. The molecule has 168 valence electrons. The molecule has 1 aliphatic carbocycles. The Hall–Kier alpha value is -3.26. The number of nitrogens with zero attached hydrogens (tertiary/aromatic N) is 3. The Morgan fingerprint density at radius 2 is 1.88 bits per heavy atom. The number of rotatable bonds is 7. The second kappa shape index (κ2) is 10.4. The number of benzene rings is 1. The van der Waals surface area contributed by atoms with Crippen LogP contribution in [0.25, 0.3) is 11.1 Å². The van der Waals surface area contributed by atoms with Gasteiger partial charge in [-0.3, -0.25) is 4.79 Å². The van der Waals surface area contributed by atoms with Crippen LogP contribution >= 0.6 is 0 Å². The quantitative estimate of drug-likeness (QED) is 0.688. The van der Waals surface area contributed by atoms with Gasteiger partial charge in [-0.1, -0.05) is 12.1 Å². The smallest absolute Gasteiger partial charge is 0.253 e. The maximum absolute atomic E-state index is 14.0. The molecule has 0 spiro atoms. The number of aromatic nitrogens is 2. The normalized spacial score (nSPS) is 16.2. The summed E-state index contributed by atoms with van der Waals surface area (Å²) in [7, 11) is 1.60. The monoisotopic (exact) mass is 437 g/mol. The van der Waals surface area contributed by atoms with Crippen molar-refractivity contribution in [2.24, 2.45) is 0 Å². The first-order valence-electron chi connectivity index (χ1n) is 11.0. The summed E-state index contributed by atoms with van der Waals surface area (Å²) < 4.78 is 19.3. The van der Waals surface area contributed by atoms with Crippen molar-refractivity contribution in [2.45, 2.75) is 19.3 Å². The van der Waals surface area contributed by atoms with Gasteiger partial charge < -0.3 is 20.3 Å². The Morgan fingerprint density at radius 1 is 1.12 bits per heavy atom. The fourth-order valence-corrected chi connectivity index (χ4v) is 3.85. The molecule has 0 bridgehead atoms. The maximum Gasteiger partial charge on any atom is 0.253 e. The molecule has 0 saturated carbocycles. The van der Waals surface area contributed by atoms with Crippen LogP contribution in [0.1, 0.15) is 29.6 Å². The van der Waals surface area contributed by atoms with Gasteiger partial charge in [0.25, 0.3) is 5.91 Å². The van der Waals surface area contributed by atoms with Crippen molar-refractivity contribution in [1.29, 1.82) is 0 Å². The van der Waals surface area contributed by atoms with E-state index in [1.807, 2.05) is 18.2 Å². The van der Waals surface area contributed by atoms with Crippen LogP contribution in [0, 0.1) is 0 Å². The van der Waals surface area contributed by atoms with Crippen molar-refractivity contribution >= 4 is 17.5 Å². The summed E-state index contributed by atoms with van der Waals surface area (Å²) in [5.41, 5.74) is 3.71. The Morgan fingerprint density at radius 3 is 2.59 bits per heavy atom. The Balaban J connectivity index is 1.51. The van der Waals surface area contributed by atoms with Crippen LogP contribution in [-0.4, -0.2) is 55.8 Å². The van der Waals surface area contributed by atoms with E-state index >= 15 is 0 Å². The summed E-state index contributed by atoms with van der Waals surface area (Å²) in [6, 6.07) is 5.58. The summed E-state index contributed by atoms with van der Waals surface area (Å²) in [5, 5.41) is 5.98. The maximum atomic E-state index is 14.0. The minimum Gasteiger partial charge on any atom is -0.384 e. The fourth-order valence-electron chi connectivity index (χ4n) is 3.85. The van der Waals surface area contributed by atoms with Gasteiger partial charge in [0.15, 0.2) is 0 Å². The lowest BCUT2D eigenvalue weighted by molar-refractivity contribution is 0.0964. The number of hydrogen-bond acceptors (Lipinski definition) is 6. The molecule has 2 N–H and O–H groups in total. The van der Waals surface area contributed by atoms with Gasteiger partial charge in [0.1, 0.15) is 5.83 Å². The highest BCUT2D eigenvalue weighted by Gasteiger charge is 2.16. The number of anilines is 2. The van der Waals surface area contributed by atoms with Crippen molar-refractivity contribution in [1.82, 2.24) is 15.3 Å². The summed E-state index contributed by atoms with van der Waals surface area (Å²) in [5.74, 6) is 0.366. The average molecular weight is 438 g/mol. The van der Waals surface area contributed by atoms with Crippen molar-refractivity contribution in [2.75, 3.05) is 50.1 Å². The highest BCUT2D eigenvalue weighted by atomic mass is 19.1. The second-order valence-electron chi connectivity index (χ2n) is 7.75. The molecule has 0 radical (unpaired) electrons. The van der Waals surface area contributed by atoms with Crippen LogP contribution in [0.2, 0.25) is 0 Å². The standard InChI is InChI=1S/C24H28FN5O2/c1-26-23(31)20-7-6-18(14-22(20)27-9-8-17-4-2-3-5-21(17)25)19-15-28-24(29-16-19)30-10-12-32-13-11-30/h4-7,14-16,27H,2-3,8-13H2,1H3,(H,26,31). The zero-order valence-corrected chi connectivity index (χ0v) is 18.2. The van der Waals surface area contributed by atoms with Gasteiger partial charge in [-0.2, -0.15) is 0 Å². The van der Waals surface area contributed by atoms with Gasteiger partial charge in [0, 0.05) is 50.3 Å². The number of amides is 1. The lowest BCUT2D eigenvalue weighted by Gasteiger charge is -2.26. The van der Waals surface area contributed by atoms with Crippen molar-refractivity contribution in [3.8, 4) is 11.1 Å². The van der Waals surface area contributed by atoms with Gasteiger partial charge in [-0.05, 0) is 48.6 Å². The van der Waals surface area contributed by atoms with Crippen LogP contribution in [0.4, 0.5) is 16.0 Å². The molecule has 32 heavy (non-hydrogen) atoms. The first-order valence-corrected chi connectivity index (χ1v) is 11.0. The number of hydrogen-bond donors (Lipinski definition) is 2. The Labute approximate surface area is 187 Å². The van der Waals surface area contributed by atoms with Crippen molar-refractivity contribution < 1.29 is 13.9 Å². The third-order valence-corrected chi connectivity index (χ3v) is 5.65. The molecular weight excluding hydrogens is 409 g/mol. The van der Waals surface area contributed by atoms with Crippen LogP contribution in [0.5, 0.6) is 0 Å². The molecule has 8 heteroatoms. The Bertz CT molecular complexity index is 1010. The predicted molar refractivity (Wildman–Crippen MR) is 124 cm³/mol. The summed E-state index contributed by atoms with van der Waals surface area (Å²) in [6.45, 7) is 3.43. The van der Waals surface area contributed by atoms with Crippen molar-refractivity contribution in [3.05, 3.63) is 59.7 Å². The van der Waals surface area contributed by atoms with E-state index in [2.05, 4.69) is 25.5 Å². The molecule has 2 aromatic rings. The molecule has 1 amide bonds. The fraction of sp³-hybridized carbons (Fsp3) is 0.375.